The monoisotopic (exact) mass is 388 g/mol. The molecule has 1 aliphatic heterocycles. The first-order chi connectivity index (χ1) is 13.2. The molecule has 0 radical (unpaired) electrons. The molecule has 7 heteroatoms. The first-order valence-corrected chi connectivity index (χ1v) is 9.62. The lowest BCUT2D eigenvalue weighted by molar-refractivity contribution is -0.152. The highest BCUT2D eigenvalue weighted by Crippen LogP contribution is 2.27. The van der Waals surface area contributed by atoms with E-state index >= 15 is 0 Å². The second kappa shape index (κ2) is 9.48. The molecule has 7 nitrogen and oxygen atoms in total. The van der Waals surface area contributed by atoms with Crippen molar-refractivity contribution in [3.8, 4) is 0 Å². The Labute approximate surface area is 165 Å². The van der Waals surface area contributed by atoms with Crippen molar-refractivity contribution in [2.45, 2.75) is 46.6 Å². The van der Waals surface area contributed by atoms with E-state index in [4.69, 9.17) is 4.74 Å². The van der Waals surface area contributed by atoms with Gasteiger partial charge in [0.1, 0.15) is 6.04 Å². The van der Waals surface area contributed by atoms with E-state index in [0.29, 0.717) is 12.5 Å². The van der Waals surface area contributed by atoms with Gasteiger partial charge < -0.3 is 10.1 Å². The molecule has 1 heterocycles. The van der Waals surface area contributed by atoms with Gasteiger partial charge in [-0.05, 0) is 36.8 Å². The van der Waals surface area contributed by atoms with Crippen LogP contribution in [0.1, 0.15) is 61.3 Å². The Kier molecular flexibility index (Phi) is 7.31. The maximum absolute atomic E-state index is 12.7. The Balaban J connectivity index is 2.06. The number of carbonyl (C=O) groups excluding carboxylic acids is 4. The fourth-order valence-electron chi connectivity index (χ4n) is 3.03. The third kappa shape index (κ3) is 5.18. The number of hydrogen-bond acceptors (Lipinski definition) is 5. The largest absolute Gasteiger partial charge is 0.454 e. The minimum atomic E-state index is -1.06. The lowest BCUT2D eigenvalue weighted by Gasteiger charge is -2.25. The fraction of sp³-hybridized carbons (Fsp3) is 0.524. The lowest BCUT2D eigenvalue weighted by atomic mass is 10.0. The van der Waals surface area contributed by atoms with Crippen LogP contribution in [0.5, 0.6) is 0 Å². The molecular formula is C21H28N2O5. The summed E-state index contributed by atoms with van der Waals surface area (Å²) in [4.78, 5) is 50.9. The van der Waals surface area contributed by atoms with Gasteiger partial charge in [-0.3, -0.25) is 19.3 Å². The summed E-state index contributed by atoms with van der Waals surface area (Å²) in [5, 5.41) is 2.69. The summed E-state index contributed by atoms with van der Waals surface area (Å²) in [6, 6.07) is 5.41. The fourth-order valence-corrected chi connectivity index (χ4v) is 3.03. The van der Waals surface area contributed by atoms with E-state index in [-0.39, 0.29) is 23.5 Å². The average molecular weight is 388 g/mol. The van der Waals surface area contributed by atoms with E-state index in [2.05, 4.69) is 5.32 Å². The molecule has 0 bridgehead atoms. The molecule has 0 spiro atoms. The SMILES string of the molecule is CC(C)CCNC(=O)COC(=O)[C@H](CC(C)C)N1C(=O)c2ccccc2C1=O. The molecule has 0 fully saturated rings. The van der Waals surface area contributed by atoms with Crippen molar-refractivity contribution in [3.63, 3.8) is 0 Å². The van der Waals surface area contributed by atoms with Gasteiger partial charge in [-0.1, -0.05) is 39.8 Å². The number of nitrogens with zero attached hydrogens (tertiary/aromatic N) is 1. The lowest BCUT2D eigenvalue weighted by Crippen LogP contribution is -2.47. The first kappa shape index (κ1) is 21.6. The summed E-state index contributed by atoms with van der Waals surface area (Å²) in [7, 11) is 0. The molecule has 0 aliphatic carbocycles. The molecule has 1 aromatic rings. The number of esters is 1. The molecule has 2 rings (SSSR count). The normalized spacial score (nSPS) is 14.4. The van der Waals surface area contributed by atoms with Crippen molar-refractivity contribution in [2.75, 3.05) is 13.2 Å². The summed E-state index contributed by atoms with van der Waals surface area (Å²) < 4.78 is 5.14. The highest BCUT2D eigenvalue weighted by molar-refractivity contribution is 6.22. The number of imide groups is 1. The van der Waals surface area contributed by atoms with Gasteiger partial charge in [0, 0.05) is 6.54 Å². The third-order valence-electron chi connectivity index (χ3n) is 4.49. The van der Waals surface area contributed by atoms with Crippen LogP contribution >= 0.6 is 0 Å². The Hall–Kier alpha value is -2.70. The maximum atomic E-state index is 12.7. The Bertz CT molecular complexity index is 722. The minimum Gasteiger partial charge on any atom is -0.454 e. The van der Waals surface area contributed by atoms with E-state index in [1.807, 2.05) is 27.7 Å². The van der Waals surface area contributed by atoms with Crippen molar-refractivity contribution in [2.24, 2.45) is 11.8 Å². The minimum absolute atomic E-state index is 0.0433. The Morgan fingerprint density at radius 1 is 1.00 bits per heavy atom. The van der Waals surface area contributed by atoms with Gasteiger partial charge in [0.2, 0.25) is 0 Å². The van der Waals surface area contributed by atoms with Crippen LogP contribution in [0.3, 0.4) is 0 Å². The molecule has 1 N–H and O–H groups in total. The van der Waals surface area contributed by atoms with Gasteiger partial charge in [-0.2, -0.15) is 0 Å². The number of ether oxygens (including phenoxy) is 1. The average Bonchev–Trinajstić information content (AvgIpc) is 2.88. The molecule has 1 atom stereocenters. The van der Waals surface area contributed by atoms with Crippen LogP contribution in [0.15, 0.2) is 24.3 Å². The number of fused-ring (bicyclic) bond motifs is 1. The Morgan fingerprint density at radius 2 is 1.57 bits per heavy atom. The molecule has 1 aromatic carbocycles. The molecule has 0 unspecified atom stereocenters. The van der Waals surface area contributed by atoms with Gasteiger partial charge >= 0.3 is 5.97 Å². The topological polar surface area (TPSA) is 92.8 Å². The van der Waals surface area contributed by atoms with Crippen LogP contribution in [-0.2, 0) is 14.3 Å². The zero-order chi connectivity index (χ0) is 20.8. The maximum Gasteiger partial charge on any atom is 0.329 e. The zero-order valence-electron chi connectivity index (χ0n) is 16.9. The van der Waals surface area contributed by atoms with Crippen LogP contribution < -0.4 is 5.32 Å². The van der Waals surface area contributed by atoms with Crippen molar-refractivity contribution in [3.05, 3.63) is 35.4 Å². The number of amides is 3. The predicted molar refractivity (Wildman–Crippen MR) is 104 cm³/mol. The summed E-state index contributed by atoms with van der Waals surface area (Å²) in [6.45, 7) is 7.93. The Morgan fingerprint density at radius 3 is 2.07 bits per heavy atom. The molecular weight excluding hydrogens is 360 g/mol. The second-order valence-corrected chi connectivity index (χ2v) is 7.81. The number of nitrogens with one attached hydrogen (secondary N) is 1. The first-order valence-electron chi connectivity index (χ1n) is 9.62. The molecule has 28 heavy (non-hydrogen) atoms. The van der Waals surface area contributed by atoms with Crippen molar-refractivity contribution >= 4 is 23.7 Å². The number of benzene rings is 1. The van der Waals surface area contributed by atoms with Crippen LogP contribution in [0.25, 0.3) is 0 Å². The smallest absolute Gasteiger partial charge is 0.329 e. The van der Waals surface area contributed by atoms with E-state index in [9.17, 15) is 19.2 Å². The molecule has 152 valence electrons. The number of rotatable bonds is 9. The van der Waals surface area contributed by atoms with Gasteiger partial charge in [0.05, 0.1) is 11.1 Å². The quantitative estimate of drug-likeness (QED) is 0.518. The van der Waals surface area contributed by atoms with Gasteiger partial charge in [-0.25, -0.2) is 4.79 Å². The van der Waals surface area contributed by atoms with Crippen molar-refractivity contribution in [1.82, 2.24) is 10.2 Å². The van der Waals surface area contributed by atoms with Crippen LogP contribution in [0, 0.1) is 11.8 Å². The molecule has 1 aliphatic rings. The summed E-state index contributed by atoms with van der Waals surface area (Å²) in [5.41, 5.74) is 0.556. The number of carbonyl (C=O) groups is 4. The standard InChI is InChI=1S/C21H28N2O5/c1-13(2)9-10-22-18(24)12-28-21(27)17(11-14(3)4)23-19(25)15-7-5-6-8-16(15)20(23)26/h5-8,13-14,17H,9-12H2,1-4H3,(H,22,24)/t17-/m0/s1. The van der Waals surface area contributed by atoms with Gasteiger partial charge in [0.15, 0.2) is 6.61 Å². The zero-order valence-corrected chi connectivity index (χ0v) is 16.9. The van der Waals surface area contributed by atoms with E-state index in [1.54, 1.807) is 24.3 Å². The van der Waals surface area contributed by atoms with Crippen LogP contribution in [0.2, 0.25) is 0 Å². The highest BCUT2D eigenvalue weighted by Gasteiger charge is 2.43. The van der Waals surface area contributed by atoms with Crippen molar-refractivity contribution in [1.29, 1.82) is 0 Å². The van der Waals surface area contributed by atoms with Gasteiger partial charge in [0.25, 0.3) is 17.7 Å². The van der Waals surface area contributed by atoms with Crippen LogP contribution in [-0.4, -0.2) is 47.8 Å². The van der Waals surface area contributed by atoms with Crippen LogP contribution in [0.4, 0.5) is 0 Å². The molecule has 3 amide bonds. The second-order valence-electron chi connectivity index (χ2n) is 7.81. The summed E-state index contributed by atoms with van der Waals surface area (Å²) in [6.07, 6.45) is 1.09. The number of hydrogen-bond donors (Lipinski definition) is 1. The third-order valence-corrected chi connectivity index (χ3v) is 4.49. The molecule has 0 saturated carbocycles. The molecule has 0 aromatic heterocycles. The van der Waals surface area contributed by atoms with E-state index < -0.39 is 36.3 Å². The van der Waals surface area contributed by atoms with Gasteiger partial charge in [-0.15, -0.1) is 0 Å². The highest BCUT2D eigenvalue weighted by atomic mass is 16.5. The summed E-state index contributed by atoms with van der Waals surface area (Å²) >= 11 is 0. The predicted octanol–water partition coefficient (Wildman–Crippen LogP) is 2.40. The molecule has 0 saturated heterocycles. The van der Waals surface area contributed by atoms with Crippen molar-refractivity contribution < 1.29 is 23.9 Å². The summed E-state index contributed by atoms with van der Waals surface area (Å²) in [5.74, 6) is -1.68. The van der Waals surface area contributed by atoms with E-state index in [1.165, 1.54) is 0 Å². The van der Waals surface area contributed by atoms with E-state index in [0.717, 1.165) is 11.3 Å².